The summed E-state index contributed by atoms with van der Waals surface area (Å²) in [4.78, 5) is 6.36. The van der Waals surface area contributed by atoms with Gasteiger partial charge in [-0.2, -0.15) is 5.10 Å². The average Bonchev–Trinajstić information content (AvgIpc) is 2.83. The molecule has 0 fully saturated rings. The number of pyridine rings is 1. The molecule has 1 aliphatic rings. The summed E-state index contributed by atoms with van der Waals surface area (Å²) in [6.07, 6.45) is 3.66. The van der Waals surface area contributed by atoms with Gasteiger partial charge in [0.15, 0.2) is 0 Å². The standard InChI is InChI=1S/C14H13N5S/c15-4-6-19-10-2-1-9(16)14-12(10)13(18-19)8-3-5-17-7-11(8)20-14/h1-3,5,7H,4,6,15-16H2. The first kappa shape index (κ1) is 11.7. The van der Waals surface area contributed by atoms with E-state index in [1.807, 2.05) is 29.1 Å². The van der Waals surface area contributed by atoms with E-state index in [-0.39, 0.29) is 0 Å². The molecule has 0 radical (unpaired) electrons. The van der Waals surface area contributed by atoms with Gasteiger partial charge in [-0.05, 0) is 18.2 Å². The molecule has 0 bridgehead atoms. The van der Waals surface area contributed by atoms with Gasteiger partial charge in [0.05, 0.1) is 12.1 Å². The van der Waals surface area contributed by atoms with Crippen molar-refractivity contribution in [1.82, 2.24) is 14.8 Å². The van der Waals surface area contributed by atoms with Crippen LogP contribution >= 0.6 is 11.8 Å². The van der Waals surface area contributed by atoms with Crippen LogP contribution in [0.2, 0.25) is 0 Å². The molecule has 20 heavy (non-hydrogen) atoms. The normalized spacial score (nSPS) is 12.7. The lowest BCUT2D eigenvalue weighted by molar-refractivity contribution is 0.648. The number of hydrogen-bond acceptors (Lipinski definition) is 5. The van der Waals surface area contributed by atoms with Crippen molar-refractivity contribution >= 4 is 28.4 Å². The number of rotatable bonds is 2. The summed E-state index contributed by atoms with van der Waals surface area (Å²) in [5.41, 5.74) is 15.8. The Morgan fingerprint density at radius 2 is 2.15 bits per heavy atom. The maximum absolute atomic E-state index is 6.14. The highest BCUT2D eigenvalue weighted by molar-refractivity contribution is 8.00. The monoisotopic (exact) mass is 283 g/mol. The summed E-state index contributed by atoms with van der Waals surface area (Å²) in [6, 6.07) is 5.96. The molecule has 0 atom stereocenters. The summed E-state index contributed by atoms with van der Waals surface area (Å²) in [7, 11) is 0. The molecule has 1 aliphatic heterocycles. The van der Waals surface area contributed by atoms with Gasteiger partial charge in [-0.3, -0.25) is 9.67 Å². The molecule has 4 N–H and O–H groups in total. The van der Waals surface area contributed by atoms with E-state index in [1.54, 1.807) is 18.0 Å². The summed E-state index contributed by atoms with van der Waals surface area (Å²) < 4.78 is 1.96. The minimum atomic E-state index is 0.562. The van der Waals surface area contributed by atoms with Crippen molar-refractivity contribution < 1.29 is 0 Å². The van der Waals surface area contributed by atoms with Gasteiger partial charge in [0, 0.05) is 45.4 Å². The zero-order valence-electron chi connectivity index (χ0n) is 10.7. The SMILES string of the molecule is NCCn1nc2c3c(c(N)ccc31)Sc1cnccc1-2. The Morgan fingerprint density at radius 1 is 1.25 bits per heavy atom. The van der Waals surface area contributed by atoms with Crippen LogP contribution in [0.5, 0.6) is 0 Å². The van der Waals surface area contributed by atoms with Gasteiger partial charge >= 0.3 is 0 Å². The van der Waals surface area contributed by atoms with Crippen LogP contribution in [-0.2, 0) is 6.54 Å². The molecule has 0 spiro atoms. The lowest BCUT2D eigenvalue weighted by Gasteiger charge is -2.15. The topological polar surface area (TPSA) is 82.8 Å². The molecule has 2 aromatic heterocycles. The lowest BCUT2D eigenvalue weighted by atomic mass is 10.1. The fraction of sp³-hybridized carbons (Fsp3) is 0.143. The number of hydrogen-bond donors (Lipinski definition) is 2. The highest BCUT2D eigenvalue weighted by Gasteiger charge is 2.25. The van der Waals surface area contributed by atoms with E-state index < -0.39 is 0 Å². The fourth-order valence-corrected chi connectivity index (χ4v) is 3.71. The van der Waals surface area contributed by atoms with E-state index in [2.05, 4.69) is 4.98 Å². The van der Waals surface area contributed by atoms with E-state index in [4.69, 9.17) is 16.6 Å². The first-order valence-corrected chi connectivity index (χ1v) is 7.22. The minimum absolute atomic E-state index is 0.562. The van der Waals surface area contributed by atoms with Gasteiger partial charge in [0.2, 0.25) is 0 Å². The Kier molecular flexibility index (Phi) is 2.48. The number of fused-ring (bicyclic) bond motifs is 2. The number of anilines is 1. The number of nitrogen functional groups attached to an aromatic ring is 1. The molecule has 100 valence electrons. The highest BCUT2D eigenvalue weighted by atomic mass is 32.2. The molecule has 3 heterocycles. The van der Waals surface area contributed by atoms with E-state index in [1.165, 1.54) is 0 Å². The molecule has 0 unspecified atom stereocenters. The van der Waals surface area contributed by atoms with Crippen LogP contribution in [-0.4, -0.2) is 21.3 Å². The van der Waals surface area contributed by atoms with Crippen molar-refractivity contribution in [3.8, 4) is 11.3 Å². The van der Waals surface area contributed by atoms with Crippen molar-refractivity contribution in [2.75, 3.05) is 12.3 Å². The number of nitrogens with zero attached hydrogens (tertiary/aromatic N) is 3. The third kappa shape index (κ3) is 1.49. The van der Waals surface area contributed by atoms with Crippen LogP contribution < -0.4 is 11.5 Å². The van der Waals surface area contributed by atoms with Crippen molar-refractivity contribution in [2.24, 2.45) is 5.73 Å². The van der Waals surface area contributed by atoms with E-state index in [0.29, 0.717) is 13.1 Å². The van der Waals surface area contributed by atoms with Crippen LogP contribution in [0.3, 0.4) is 0 Å². The van der Waals surface area contributed by atoms with E-state index in [9.17, 15) is 0 Å². The second kappa shape index (κ2) is 4.22. The molecule has 0 saturated heterocycles. The lowest BCUT2D eigenvalue weighted by Crippen LogP contribution is -2.10. The maximum atomic E-state index is 6.14. The highest BCUT2D eigenvalue weighted by Crippen LogP contribution is 2.49. The molecule has 1 aromatic carbocycles. The molecule has 4 rings (SSSR count). The Morgan fingerprint density at radius 3 is 3.00 bits per heavy atom. The maximum Gasteiger partial charge on any atom is 0.103 e. The van der Waals surface area contributed by atoms with Gasteiger partial charge in [0.1, 0.15) is 5.69 Å². The summed E-state index contributed by atoms with van der Waals surface area (Å²) in [6.45, 7) is 1.26. The van der Waals surface area contributed by atoms with Crippen molar-refractivity contribution in [1.29, 1.82) is 0 Å². The van der Waals surface area contributed by atoms with Crippen LogP contribution in [0.4, 0.5) is 5.69 Å². The Hall–Kier alpha value is -2.05. The van der Waals surface area contributed by atoms with Crippen molar-refractivity contribution in [3.63, 3.8) is 0 Å². The van der Waals surface area contributed by atoms with Gasteiger partial charge < -0.3 is 11.5 Å². The van der Waals surface area contributed by atoms with Gasteiger partial charge in [-0.25, -0.2) is 0 Å². The summed E-state index contributed by atoms with van der Waals surface area (Å²) >= 11 is 1.66. The molecule has 6 heteroatoms. The Labute approximate surface area is 120 Å². The second-order valence-corrected chi connectivity index (χ2v) is 5.76. The second-order valence-electron chi connectivity index (χ2n) is 4.71. The number of benzene rings is 1. The van der Waals surface area contributed by atoms with Crippen LogP contribution in [0, 0.1) is 0 Å². The van der Waals surface area contributed by atoms with Crippen LogP contribution in [0.1, 0.15) is 0 Å². The first-order chi connectivity index (χ1) is 9.79. The zero-order valence-corrected chi connectivity index (χ0v) is 11.5. The van der Waals surface area contributed by atoms with Crippen molar-refractivity contribution in [3.05, 3.63) is 30.6 Å². The quantitative estimate of drug-likeness (QED) is 0.550. The molecule has 0 aliphatic carbocycles. The molecule has 3 aromatic rings. The third-order valence-electron chi connectivity index (χ3n) is 3.49. The summed E-state index contributed by atoms with van der Waals surface area (Å²) in [5.74, 6) is 0. The summed E-state index contributed by atoms with van der Waals surface area (Å²) in [5, 5.41) is 5.86. The van der Waals surface area contributed by atoms with Gasteiger partial charge in [0.25, 0.3) is 0 Å². The smallest absolute Gasteiger partial charge is 0.103 e. The Bertz CT molecular complexity index is 824. The fourth-order valence-electron chi connectivity index (χ4n) is 2.62. The largest absolute Gasteiger partial charge is 0.398 e. The number of aromatic nitrogens is 3. The predicted molar refractivity (Wildman–Crippen MR) is 80.6 cm³/mol. The third-order valence-corrected chi connectivity index (χ3v) is 4.68. The van der Waals surface area contributed by atoms with Gasteiger partial charge in [-0.15, -0.1) is 0 Å². The first-order valence-electron chi connectivity index (χ1n) is 6.41. The average molecular weight is 283 g/mol. The molecule has 0 saturated carbocycles. The zero-order chi connectivity index (χ0) is 13.7. The van der Waals surface area contributed by atoms with E-state index >= 15 is 0 Å². The van der Waals surface area contributed by atoms with E-state index in [0.717, 1.165) is 37.6 Å². The molecular formula is C14H13N5S. The molecule has 0 amide bonds. The predicted octanol–water partition coefficient (Wildman–Crippen LogP) is 2.10. The van der Waals surface area contributed by atoms with Crippen LogP contribution in [0.25, 0.3) is 22.2 Å². The van der Waals surface area contributed by atoms with Crippen LogP contribution in [0.15, 0.2) is 40.4 Å². The number of nitrogens with two attached hydrogens (primary N) is 2. The Balaban J connectivity index is 2.12. The molecule has 5 nitrogen and oxygen atoms in total. The van der Waals surface area contributed by atoms with Crippen molar-refractivity contribution in [2.45, 2.75) is 16.3 Å². The molecular weight excluding hydrogens is 270 g/mol. The van der Waals surface area contributed by atoms with Gasteiger partial charge in [-0.1, -0.05) is 11.8 Å². The minimum Gasteiger partial charge on any atom is -0.398 e.